The summed E-state index contributed by atoms with van der Waals surface area (Å²) in [5.74, 6) is 1.74. The van der Waals surface area contributed by atoms with Gasteiger partial charge in [0, 0.05) is 6.07 Å². The lowest BCUT2D eigenvalue weighted by atomic mass is 9.84. The van der Waals surface area contributed by atoms with Crippen LogP contribution in [0.4, 0.5) is 5.69 Å². The van der Waals surface area contributed by atoms with E-state index in [-0.39, 0.29) is 11.7 Å². The first-order valence-corrected chi connectivity index (χ1v) is 10.1. The van der Waals surface area contributed by atoms with Crippen molar-refractivity contribution in [3.63, 3.8) is 0 Å². The van der Waals surface area contributed by atoms with Gasteiger partial charge >= 0.3 is 0 Å². The molecule has 0 bridgehead atoms. The fraction of sp³-hybridized carbons (Fsp3) is 0.368. The Hall–Kier alpha value is -2.21. The summed E-state index contributed by atoms with van der Waals surface area (Å²) >= 11 is 0. The fourth-order valence-corrected chi connectivity index (χ4v) is 4.58. The Bertz CT molecular complexity index is 855. The summed E-state index contributed by atoms with van der Waals surface area (Å²) in [6.07, 6.45) is 6.22. The van der Waals surface area contributed by atoms with Crippen LogP contribution in [0, 0.1) is 0 Å². The van der Waals surface area contributed by atoms with Crippen molar-refractivity contribution in [2.45, 2.75) is 42.9 Å². The second-order valence-corrected chi connectivity index (χ2v) is 8.26. The van der Waals surface area contributed by atoms with Crippen molar-refractivity contribution >= 4 is 15.7 Å². The highest BCUT2D eigenvalue weighted by Gasteiger charge is 2.20. The Morgan fingerprint density at radius 3 is 2.36 bits per heavy atom. The van der Waals surface area contributed by atoms with Crippen LogP contribution in [-0.2, 0) is 10.0 Å². The Morgan fingerprint density at radius 2 is 1.60 bits per heavy atom. The van der Waals surface area contributed by atoms with Crippen molar-refractivity contribution in [3.8, 4) is 11.5 Å². The van der Waals surface area contributed by atoms with Crippen LogP contribution in [0.2, 0.25) is 0 Å². The number of rotatable bonds is 4. The van der Waals surface area contributed by atoms with E-state index < -0.39 is 10.0 Å². The molecule has 0 saturated heterocycles. The van der Waals surface area contributed by atoms with Gasteiger partial charge in [0.2, 0.25) is 6.79 Å². The summed E-state index contributed by atoms with van der Waals surface area (Å²) in [4.78, 5) is 0.268. The highest BCUT2D eigenvalue weighted by molar-refractivity contribution is 7.92. The predicted molar refractivity (Wildman–Crippen MR) is 95.6 cm³/mol. The molecule has 2 aromatic carbocycles. The maximum Gasteiger partial charge on any atom is 0.261 e. The van der Waals surface area contributed by atoms with Crippen LogP contribution in [0.25, 0.3) is 0 Å². The van der Waals surface area contributed by atoms with Crippen molar-refractivity contribution in [3.05, 3.63) is 48.0 Å². The molecule has 6 heteroatoms. The van der Waals surface area contributed by atoms with Crippen LogP contribution in [0.5, 0.6) is 11.5 Å². The molecule has 2 aromatic rings. The van der Waals surface area contributed by atoms with Crippen LogP contribution in [0.15, 0.2) is 47.4 Å². The summed E-state index contributed by atoms with van der Waals surface area (Å²) in [5, 5.41) is 0. The Morgan fingerprint density at radius 1 is 0.880 bits per heavy atom. The summed E-state index contributed by atoms with van der Waals surface area (Å²) in [6.45, 7) is 0.161. The number of hydrogen-bond donors (Lipinski definition) is 1. The molecule has 0 atom stereocenters. The topological polar surface area (TPSA) is 64.6 Å². The minimum Gasteiger partial charge on any atom is -0.454 e. The molecule has 1 aliphatic heterocycles. The zero-order chi connectivity index (χ0) is 17.3. The van der Waals surface area contributed by atoms with Gasteiger partial charge in [0.05, 0.1) is 10.6 Å². The van der Waals surface area contributed by atoms with Gasteiger partial charge in [-0.05, 0) is 48.6 Å². The predicted octanol–water partition coefficient (Wildman–Crippen LogP) is 4.26. The molecular weight excluding hydrogens is 338 g/mol. The number of ether oxygens (including phenoxy) is 2. The molecule has 0 aromatic heterocycles. The molecule has 0 spiro atoms. The smallest absolute Gasteiger partial charge is 0.261 e. The van der Waals surface area contributed by atoms with Crippen molar-refractivity contribution in [1.82, 2.24) is 0 Å². The molecule has 4 rings (SSSR count). The van der Waals surface area contributed by atoms with Gasteiger partial charge in [0.15, 0.2) is 11.5 Å². The minimum atomic E-state index is -3.62. The SMILES string of the molecule is O=S(=O)(Nc1ccc2c(c1)OCO2)c1ccc(C2CCCCC2)cc1. The van der Waals surface area contributed by atoms with Gasteiger partial charge < -0.3 is 9.47 Å². The number of hydrogen-bond acceptors (Lipinski definition) is 4. The van der Waals surface area contributed by atoms with E-state index in [2.05, 4.69) is 4.72 Å². The molecular formula is C19H21NO4S. The summed E-state index contributed by atoms with van der Waals surface area (Å²) in [7, 11) is -3.62. The van der Waals surface area contributed by atoms with Crippen LogP contribution in [0.1, 0.15) is 43.6 Å². The number of sulfonamides is 1. The van der Waals surface area contributed by atoms with Crippen molar-refractivity contribution in [2.24, 2.45) is 0 Å². The number of nitrogens with one attached hydrogen (secondary N) is 1. The zero-order valence-electron chi connectivity index (χ0n) is 13.9. The Labute approximate surface area is 148 Å². The molecule has 1 N–H and O–H groups in total. The molecule has 2 aliphatic rings. The standard InChI is InChI=1S/C19H21NO4S/c21-25(22,20-16-8-11-18-19(12-16)24-13-23-18)17-9-6-15(7-10-17)14-4-2-1-3-5-14/h6-12,14,20H,1-5,13H2. The number of benzene rings is 2. The second kappa shape index (κ2) is 6.59. The fourth-order valence-electron chi connectivity index (χ4n) is 3.53. The first-order valence-electron chi connectivity index (χ1n) is 8.64. The van der Waals surface area contributed by atoms with Gasteiger partial charge in [-0.25, -0.2) is 8.42 Å². The van der Waals surface area contributed by atoms with E-state index in [9.17, 15) is 8.42 Å². The van der Waals surface area contributed by atoms with Gasteiger partial charge in [-0.15, -0.1) is 0 Å². The molecule has 0 unspecified atom stereocenters. The van der Waals surface area contributed by atoms with E-state index in [1.165, 1.54) is 37.7 Å². The highest BCUT2D eigenvalue weighted by Crippen LogP contribution is 2.35. The van der Waals surface area contributed by atoms with Gasteiger partial charge in [0.1, 0.15) is 0 Å². The van der Waals surface area contributed by atoms with Crippen LogP contribution in [-0.4, -0.2) is 15.2 Å². The normalized spacial score (nSPS) is 17.4. The quantitative estimate of drug-likeness (QED) is 0.886. The zero-order valence-corrected chi connectivity index (χ0v) is 14.7. The van der Waals surface area contributed by atoms with E-state index in [0.717, 1.165) is 0 Å². The maximum absolute atomic E-state index is 12.6. The highest BCUT2D eigenvalue weighted by atomic mass is 32.2. The third-order valence-corrected chi connectivity index (χ3v) is 6.29. The van der Waals surface area contributed by atoms with E-state index in [1.54, 1.807) is 30.3 Å². The lowest BCUT2D eigenvalue weighted by Gasteiger charge is -2.22. The average Bonchev–Trinajstić information content (AvgIpc) is 3.10. The van der Waals surface area contributed by atoms with E-state index >= 15 is 0 Å². The van der Waals surface area contributed by atoms with E-state index in [4.69, 9.17) is 9.47 Å². The van der Waals surface area contributed by atoms with Crippen molar-refractivity contribution < 1.29 is 17.9 Å². The van der Waals surface area contributed by atoms with Gasteiger partial charge in [-0.3, -0.25) is 4.72 Å². The lowest BCUT2D eigenvalue weighted by molar-refractivity contribution is 0.174. The van der Waals surface area contributed by atoms with Gasteiger partial charge in [-0.2, -0.15) is 0 Å². The minimum absolute atomic E-state index is 0.161. The molecule has 1 heterocycles. The monoisotopic (exact) mass is 359 g/mol. The molecule has 0 amide bonds. The Balaban J connectivity index is 1.51. The van der Waals surface area contributed by atoms with E-state index in [1.807, 2.05) is 12.1 Å². The number of anilines is 1. The van der Waals surface area contributed by atoms with Crippen molar-refractivity contribution in [2.75, 3.05) is 11.5 Å². The second-order valence-electron chi connectivity index (χ2n) is 6.58. The average molecular weight is 359 g/mol. The molecule has 0 radical (unpaired) electrons. The van der Waals surface area contributed by atoms with Crippen LogP contribution < -0.4 is 14.2 Å². The van der Waals surface area contributed by atoms with Crippen LogP contribution >= 0.6 is 0 Å². The maximum atomic E-state index is 12.6. The molecule has 5 nitrogen and oxygen atoms in total. The van der Waals surface area contributed by atoms with Gasteiger partial charge in [-0.1, -0.05) is 31.4 Å². The van der Waals surface area contributed by atoms with Crippen LogP contribution in [0.3, 0.4) is 0 Å². The summed E-state index contributed by atoms with van der Waals surface area (Å²) < 4.78 is 38.3. The summed E-state index contributed by atoms with van der Waals surface area (Å²) in [5.41, 5.74) is 1.70. The number of fused-ring (bicyclic) bond motifs is 1. The largest absolute Gasteiger partial charge is 0.454 e. The van der Waals surface area contributed by atoms with E-state index in [0.29, 0.717) is 23.1 Å². The Kier molecular flexibility index (Phi) is 4.29. The third-order valence-electron chi connectivity index (χ3n) is 4.89. The lowest BCUT2D eigenvalue weighted by Crippen LogP contribution is -2.13. The molecule has 132 valence electrons. The first-order chi connectivity index (χ1) is 12.1. The molecule has 1 fully saturated rings. The van der Waals surface area contributed by atoms with Gasteiger partial charge in [0.25, 0.3) is 10.0 Å². The molecule has 25 heavy (non-hydrogen) atoms. The summed E-state index contributed by atoms with van der Waals surface area (Å²) in [6, 6.07) is 12.3. The molecule has 1 aliphatic carbocycles. The molecule has 1 saturated carbocycles. The third kappa shape index (κ3) is 3.44. The first kappa shape index (κ1) is 16.3. The van der Waals surface area contributed by atoms with Crippen molar-refractivity contribution in [1.29, 1.82) is 0 Å².